The second-order valence-corrected chi connectivity index (χ2v) is 0.600. The van der Waals surface area contributed by atoms with Crippen LogP contribution in [0, 0.1) is 21.3 Å². The molecule has 6 heteroatoms. The van der Waals surface area contributed by atoms with Gasteiger partial charge in [0.25, 0.3) is 0 Å². The molecule has 0 atom stereocenters. The Kier molecular flexibility index (Phi) is 177. The number of hydrogen-bond acceptors (Lipinski definition) is 4. The molecule has 0 fully saturated rings. The van der Waals surface area contributed by atoms with Gasteiger partial charge in [-0.15, -0.1) is 0 Å². The van der Waals surface area contributed by atoms with Crippen molar-refractivity contribution >= 4 is 25.3 Å². The van der Waals surface area contributed by atoms with Crippen molar-refractivity contribution in [2.45, 2.75) is 0 Å². The Bertz CT molecular complexity index is 70.3. The summed E-state index contributed by atoms with van der Waals surface area (Å²) in [7, 11) is 0. The van der Waals surface area contributed by atoms with Gasteiger partial charge in [-0.05, 0) is 0 Å². The molecule has 0 bridgehead atoms. The number of thiol groups is 2. The fourth-order valence-corrected chi connectivity index (χ4v) is 0. The Balaban J connectivity index is -0.0000000160. The van der Waals surface area contributed by atoms with E-state index in [-0.39, 0.29) is 22.9 Å². The molecule has 0 aliphatic rings. The van der Waals surface area contributed by atoms with Crippen LogP contribution in [0.1, 0.15) is 0 Å². The maximum absolute atomic E-state index is 7.18. The first-order valence-electron chi connectivity index (χ1n) is 0.894. The van der Waals surface area contributed by atoms with Crippen LogP contribution in [0.3, 0.4) is 0 Å². The third-order valence-corrected chi connectivity index (χ3v) is 0. The molecule has 0 unspecified atom stereocenters. The van der Waals surface area contributed by atoms with Gasteiger partial charge in [-0.1, -0.05) is 25.3 Å². The number of hydrogen-bond donors (Lipinski definition) is 2. The first-order valence-corrected chi connectivity index (χ1v) is 1.79. The fraction of sp³-hybridized carbons (Fsp3) is 0. The van der Waals surface area contributed by atoms with E-state index in [9.17, 15) is 0 Å². The SMILES string of the molecule is N#CS.N#CS.[Co].[N]. The van der Waals surface area contributed by atoms with E-state index in [0.717, 1.165) is 0 Å². The summed E-state index contributed by atoms with van der Waals surface area (Å²) in [5, 5.41) is 17.3. The third-order valence-electron chi connectivity index (χ3n) is 0. The molecule has 4 radical (unpaired) electrons. The predicted molar refractivity (Wildman–Crippen MR) is 31.3 cm³/mol. The average Bonchev–Trinajstić information content (AvgIpc) is 1.39. The minimum absolute atomic E-state index is 0. The van der Waals surface area contributed by atoms with E-state index in [1.165, 1.54) is 10.8 Å². The van der Waals surface area contributed by atoms with Gasteiger partial charge in [-0.3, -0.25) is 0 Å². The van der Waals surface area contributed by atoms with E-state index < -0.39 is 0 Å². The van der Waals surface area contributed by atoms with Gasteiger partial charge in [0.05, 0.1) is 0 Å². The Morgan fingerprint density at radius 2 is 1.00 bits per heavy atom. The second-order valence-electron chi connectivity index (χ2n) is 0.200. The van der Waals surface area contributed by atoms with Gasteiger partial charge >= 0.3 is 0 Å². The van der Waals surface area contributed by atoms with Crippen molar-refractivity contribution in [3.63, 3.8) is 0 Å². The molecule has 0 spiro atoms. The summed E-state index contributed by atoms with van der Waals surface area (Å²) in [4.78, 5) is 0. The van der Waals surface area contributed by atoms with E-state index in [1.807, 2.05) is 0 Å². The topological polar surface area (TPSA) is 78.1 Å². The molecule has 46 valence electrons. The molecule has 0 rings (SSSR count). The number of thiocyanates is 2. The van der Waals surface area contributed by atoms with Crippen molar-refractivity contribution in [3.8, 4) is 10.8 Å². The summed E-state index contributed by atoms with van der Waals surface area (Å²) < 4.78 is 0. The normalized spacial score (nSPS) is 2.00. The third kappa shape index (κ3) is 7590. The monoisotopic (exact) mass is 191 g/mol. The summed E-state index contributed by atoms with van der Waals surface area (Å²) in [6.45, 7) is 0. The smallest absolute Gasteiger partial charge is 0.130 e. The predicted octanol–water partition coefficient (Wildman–Crippen LogP) is 0.311. The summed E-state index contributed by atoms with van der Waals surface area (Å²) in [6, 6.07) is 0. The van der Waals surface area contributed by atoms with Crippen LogP contribution in [0.4, 0.5) is 0 Å². The Morgan fingerprint density at radius 3 is 1.00 bits per heavy atom. The average molecular weight is 191 g/mol. The fourth-order valence-electron chi connectivity index (χ4n) is 0. The first-order chi connectivity index (χ1) is 2.83. The minimum Gasteiger partial charge on any atom is -0.185 e. The molecule has 0 N–H and O–H groups in total. The van der Waals surface area contributed by atoms with Crippen LogP contribution in [0.25, 0.3) is 0 Å². The van der Waals surface area contributed by atoms with Crippen molar-refractivity contribution in [2.24, 2.45) is 0 Å². The van der Waals surface area contributed by atoms with Crippen LogP contribution in [-0.4, -0.2) is 0 Å². The quantitative estimate of drug-likeness (QED) is 0.427. The van der Waals surface area contributed by atoms with E-state index >= 15 is 0 Å². The summed E-state index contributed by atoms with van der Waals surface area (Å²) >= 11 is 6.19. The van der Waals surface area contributed by atoms with Crippen LogP contribution >= 0.6 is 25.3 Å². The van der Waals surface area contributed by atoms with Gasteiger partial charge in [0.1, 0.15) is 10.8 Å². The van der Waals surface area contributed by atoms with Crippen molar-refractivity contribution in [1.82, 2.24) is 6.15 Å². The molecular formula is C2H2CoN3S2. The molecule has 3 nitrogen and oxygen atoms in total. The molecule has 0 aromatic heterocycles. The van der Waals surface area contributed by atoms with Gasteiger partial charge in [0, 0.05) is 22.9 Å². The summed E-state index contributed by atoms with van der Waals surface area (Å²) in [6.07, 6.45) is 0. The van der Waals surface area contributed by atoms with Gasteiger partial charge in [0.2, 0.25) is 0 Å². The van der Waals surface area contributed by atoms with Crippen LogP contribution in [-0.2, 0) is 16.8 Å². The minimum atomic E-state index is 0. The van der Waals surface area contributed by atoms with E-state index in [4.69, 9.17) is 10.5 Å². The van der Waals surface area contributed by atoms with Crippen molar-refractivity contribution in [1.29, 1.82) is 10.5 Å². The van der Waals surface area contributed by atoms with Gasteiger partial charge in [0.15, 0.2) is 0 Å². The van der Waals surface area contributed by atoms with Crippen LogP contribution in [0.5, 0.6) is 0 Å². The Labute approximate surface area is 69.7 Å². The summed E-state index contributed by atoms with van der Waals surface area (Å²) in [5.74, 6) is 0. The van der Waals surface area contributed by atoms with Crippen LogP contribution in [0.2, 0.25) is 0 Å². The molecule has 0 heterocycles. The van der Waals surface area contributed by atoms with Gasteiger partial charge in [-0.25, -0.2) is 0 Å². The molecule has 0 saturated heterocycles. The van der Waals surface area contributed by atoms with E-state index in [1.54, 1.807) is 0 Å². The largest absolute Gasteiger partial charge is 0.185 e. The maximum Gasteiger partial charge on any atom is 0.130 e. The molecule has 0 amide bonds. The van der Waals surface area contributed by atoms with Crippen molar-refractivity contribution in [3.05, 3.63) is 0 Å². The first kappa shape index (κ1) is 24.2. The number of rotatable bonds is 0. The molecule has 0 aliphatic heterocycles. The Morgan fingerprint density at radius 1 is 1.00 bits per heavy atom. The summed E-state index contributed by atoms with van der Waals surface area (Å²) in [5.41, 5.74) is 0. The standard InChI is InChI=1S/2CHNS.Co.N/c2*2-1-3;;/h2*3H;;. The van der Waals surface area contributed by atoms with Crippen LogP contribution in [0.15, 0.2) is 0 Å². The molecule has 0 saturated carbocycles. The molecule has 0 aliphatic carbocycles. The maximum atomic E-state index is 7.18. The van der Waals surface area contributed by atoms with E-state index in [0.29, 0.717) is 0 Å². The van der Waals surface area contributed by atoms with Crippen molar-refractivity contribution < 1.29 is 16.8 Å². The molecular weight excluding hydrogens is 189 g/mol. The molecule has 0 aromatic carbocycles. The molecule has 8 heavy (non-hydrogen) atoms. The van der Waals surface area contributed by atoms with E-state index in [2.05, 4.69) is 25.3 Å². The van der Waals surface area contributed by atoms with Crippen LogP contribution < -0.4 is 6.15 Å². The zero-order valence-electron chi connectivity index (χ0n) is 3.57. The zero-order chi connectivity index (χ0) is 5.41. The molecule has 0 aromatic rings. The van der Waals surface area contributed by atoms with Gasteiger partial charge < -0.3 is 0 Å². The second kappa shape index (κ2) is 58.6. The Hall–Kier alpha value is 0.146. The number of nitrogens with zero attached hydrogens (tertiary/aromatic N) is 3. The number of nitriles is 2. The van der Waals surface area contributed by atoms with Crippen molar-refractivity contribution in [2.75, 3.05) is 0 Å². The van der Waals surface area contributed by atoms with Gasteiger partial charge in [-0.2, -0.15) is 10.5 Å². The zero-order valence-corrected chi connectivity index (χ0v) is 6.40.